The molecule has 0 bridgehead atoms. The summed E-state index contributed by atoms with van der Waals surface area (Å²) in [7, 11) is 0. The molecule has 23 heavy (non-hydrogen) atoms. The molecule has 1 atom stereocenters. The summed E-state index contributed by atoms with van der Waals surface area (Å²) in [6.45, 7) is 2.54. The molecular formula is C17H14Cl2N2O2. The molecule has 0 aliphatic carbocycles. The molecule has 1 aromatic heterocycles. The minimum Gasteiger partial charge on any atom is -0.462 e. The number of ketones is 1. The summed E-state index contributed by atoms with van der Waals surface area (Å²) in [5.41, 5.74) is 1.50. The minimum absolute atomic E-state index is 0.191. The van der Waals surface area contributed by atoms with Crippen LogP contribution in [0.5, 0.6) is 0 Å². The summed E-state index contributed by atoms with van der Waals surface area (Å²) in [6.07, 6.45) is 0.776. The van der Waals surface area contributed by atoms with Crippen molar-refractivity contribution >= 4 is 34.6 Å². The van der Waals surface area contributed by atoms with E-state index < -0.39 is 6.10 Å². The zero-order chi connectivity index (χ0) is 16.4. The number of Topliss-reactive ketones (excluding diaryl/α,β-unsaturated/α-hetero) is 1. The quantitative estimate of drug-likeness (QED) is 0.906. The molecule has 118 valence electrons. The van der Waals surface area contributed by atoms with E-state index in [1.807, 2.05) is 19.1 Å². The van der Waals surface area contributed by atoms with E-state index in [4.69, 9.17) is 27.9 Å². The first-order valence-corrected chi connectivity index (χ1v) is 7.92. The zero-order valence-corrected chi connectivity index (χ0v) is 13.9. The number of hydrogen-bond donors (Lipinski definition) is 1. The van der Waals surface area contributed by atoms with Crippen LogP contribution in [0.4, 0.5) is 0 Å². The van der Waals surface area contributed by atoms with Crippen molar-refractivity contribution in [1.82, 2.24) is 10.3 Å². The number of nitrogens with zero attached hydrogens (tertiary/aromatic N) is 1. The topological polar surface area (TPSA) is 51.2 Å². The van der Waals surface area contributed by atoms with Gasteiger partial charge in [0.15, 0.2) is 6.10 Å². The Morgan fingerprint density at radius 2 is 2.04 bits per heavy atom. The van der Waals surface area contributed by atoms with Gasteiger partial charge in [-0.25, -0.2) is 0 Å². The van der Waals surface area contributed by atoms with Crippen LogP contribution in [0.25, 0.3) is 5.57 Å². The van der Waals surface area contributed by atoms with Crippen molar-refractivity contribution in [2.45, 2.75) is 13.0 Å². The van der Waals surface area contributed by atoms with Gasteiger partial charge in [-0.15, -0.1) is 0 Å². The maximum atomic E-state index is 12.9. The van der Waals surface area contributed by atoms with Gasteiger partial charge in [-0.2, -0.15) is 0 Å². The molecular weight excluding hydrogens is 335 g/mol. The van der Waals surface area contributed by atoms with Crippen molar-refractivity contribution in [2.75, 3.05) is 6.54 Å². The second-order valence-electron chi connectivity index (χ2n) is 4.98. The Kier molecular flexibility index (Phi) is 4.55. The van der Waals surface area contributed by atoms with Crippen LogP contribution >= 0.6 is 23.2 Å². The van der Waals surface area contributed by atoms with E-state index >= 15 is 0 Å². The van der Waals surface area contributed by atoms with Crippen LogP contribution in [0.2, 0.25) is 10.0 Å². The third-order valence-corrected chi connectivity index (χ3v) is 4.03. The van der Waals surface area contributed by atoms with Gasteiger partial charge in [0.05, 0.1) is 5.69 Å². The summed E-state index contributed by atoms with van der Waals surface area (Å²) in [4.78, 5) is 17.1. The Balaban J connectivity index is 2.04. The van der Waals surface area contributed by atoms with E-state index in [1.165, 1.54) is 0 Å². The smallest absolute Gasteiger partial charge is 0.215 e. The molecule has 0 saturated heterocycles. The summed E-state index contributed by atoms with van der Waals surface area (Å²) in [5.74, 6) is 0.209. The molecule has 1 aliphatic rings. The normalized spacial score (nSPS) is 17.3. The number of carbonyl (C=O) groups is 1. The number of aromatic nitrogens is 1. The number of halogens is 2. The van der Waals surface area contributed by atoms with Gasteiger partial charge in [-0.05, 0) is 25.1 Å². The first-order valence-electron chi connectivity index (χ1n) is 7.17. The molecule has 1 aliphatic heterocycles. The predicted molar refractivity (Wildman–Crippen MR) is 90.1 cm³/mol. The molecule has 0 saturated carbocycles. The number of rotatable bonds is 4. The second kappa shape index (κ2) is 6.60. The van der Waals surface area contributed by atoms with Crippen molar-refractivity contribution in [3.8, 4) is 0 Å². The van der Waals surface area contributed by atoms with Gasteiger partial charge in [0.1, 0.15) is 5.57 Å². The van der Waals surface area contributed by atoms with Crippen LogP contribution in [0.15, 0.2) is 48.5 Å². The maximum Gasteiger partial charge on any atom is 0.215 e. The average molecular weight is 349 g/mol. The zero-order valence-electron chi connectivity index (χ0n) is 12.3. The second-order valence-corrected chi connectivity index (χ2v) is 5.82. The fourth-order valence-electron chi connectivity index (χ4n) is 2.44. The number of ether oxygens (including phenoxy) is 1. The molecule has 0 spiro atoms. The van der Waals surface area contributed by atoms with Crippen molar-refractivity contribution in [1.29, 1.82) is 0 Å². The van der Waals surface area contributed by atoms with E-state index in [0.717, 1.165) is 0 Å². The van der Waals surface area contributed by atoms with E-state index in [-0.39, 0.29) is 5.78 Å². The third-order valence-electron chi connectivity index (χ3n) is 3.45. The SMILES string of the molecule is CCNC1=C(c2cc(Cl)ccn2)C(=O)[C@H](c2ccccc2Cl)O1. The molecule has 1 N–H and O–H groups in total. The number of pyridine rings is 1. The van der Waals surface area contributed by atoms with E-state index in [2.05, 4.69) is 10.3 Å². The fraction of sp³-hybridized carbons (Fsp3) is 0.176. The summed E-state index contributed by atoms with van der Waals surface area (Å²) < 4.78 is 5.84. The molecule has 6 heteroatoms. The Bertz CT molecular complexity index is 790. The summed E-state index contributed by atoms with van der Waals surface area (Å²) >= 11 is 12.2. The Morgan fingerprint density at radius 1 is 1.26 bits per heavy atom. The Labute approximate surface area is 144 Å². The van der Waals surface area contributed by atoms with Gasteiger partial charge in [0.25, 0.3) is 0 Å². The number of nitrogens with one attached hydrogen (secondary N) is 1. The lowest BCUT2D eigenvalue weighted by Crippen LogP contribution is -2.14. The Hall–Kier alpha value is -2.04. The van der Waals surface area contributed by atoms with E-state index in [0.29, 0.717) is 39.3 Å². The van der Waals surface area contributed by atoms with Crippen molar-refractivity contribution in [3.05, 3.63) is 69.8 Å². The molecule has 4 nitrogen and oxygen atoms in total. The predicted octanol–water partition coefficient (Wildman–Crippen LogP) is 4.01. The van der Waals surface area contributed by atoms with E-state index in [1.54, 1.807) is 30.5 Å². The molecule has 3 rings (SSSR count). The van der Waals surface area contributed by atoms with Crippen molar-refractivity contribution in [3.63, 3.8) is 0 Å². The number of carbonyl (C=O) groups excluding carboxylic acids is 1. The van der Waals surface area contributed by atoms with Crippen LogP contribution in [-0.4, -0.2) is 17.3 Å². The highest BCUT2D eigenvalue weighted by Crippen LogP contribution is 2.39. The molecule has 1 aromatic carbocycles. The Morgan fingerprint density at radius 3 is 2.74 bits per heavy atom. The van der Waals surface area contributed by atoms with Gasteiger partial charge in [-0.3, -0.25) is 9.78 Å². The summed E-state index contributed by atoms with van der Waals surface area (Å²) in [6, 6.07) is 10.4. The summed E-state index contributed by atoms with van der Waals surface area (Å²) in [5, 5.41) is 4.07. The number of hydrogen-bond acceptors (Lipinski definition) is 4. The van der Waals surface area contributed by atoms with Crippen LogP contribution in [0.3, 0.4) is 0 Å². The van der Waals surface area contributed by atoms with Crippen LogP contribution in [0.1, 0.15) is 24.3 Å². The van der Waals surface area contributed by atoms with Gasteiger partial charge in [0.2, 0.25) is 11.7 Å². The highest BCUT2D eigenvalue weighted by atomic mass is 35.5. The lowest BCUT2D eigenvalue weighted by Gasteiger charge is -2.13. The third kappa shape index (κ3) is 3.05. The van der Waals surface area contributed by atoms with Gasteiger partial charge in [-0.1, -0.05) is 41.4 Å². The maximum absolute atomic E-state index is 12.9. The molecule has 0 fully saturated rings. The van der Waals surface area contributed by atoms with Crippen LogP contribution in [0, 0.1) is 0 Å². The first kappa shape index (κ1) is 15.8. The highest BCUT2D eigenvalue weighted by Gasteiger charge is 2.38. The lowest BCUT2D eigenvalue weighted by atomic mass is 10.00. The van der Waals surface area contributed by atoms with Crippen LogP contribution in [-0.2, 0) is 9.53 Å². The monoisotopic (exact) mass is 348 g/mol. The van der Waals surface area contributed by atoms with Gasteiger partial charge >= 0.3 is 0 Å². The highest BCUT2D eigenvalue weighted by molar-refractivity contribution is 6.33. The molecule has 2 heterocycles. The molecule has 0 unspecified atom stereocenters. The lowest BCUT2D eigenvalue weighted by molar-refractivity contribution is -0.120. The van der Waals surface area contributed by atoms with Crippen molar-refractivity contribution < 1.29 is 9.53 Å². The largest absolute Gasteiger partial charge is 0.462 e. The van der Waals surface area contributed by atoms with Crippen LogP contribution < -0.4 is 5.32 Å². The van der Waals surface area contributed by atoms with Gasteiger partial charge < -0.3 is 10.1 Å². The number of benzene rings is 1. The average Bonchev–Trinajstić information content (AvgIpc) is 2.84. The molecule has 0 radical (unpaired) electrons. The first-order chi connectivity index (χ1) is 11.1. The van der Waals surface area contributed by atoms with Gasteiger partial charge in [0, 0.05) is 28.4 Å². The standard InChI is InChI=1S/C17H14Cl2N2O2/c1-2-20-17-14(13-9-10(18)7-8-21-13)15(22)16(23-17)11-5-3-4-6-12(11)19/h3-9,16,20H,2H2,1H3/t16-/m0/s1. The van der Waals surface area contributed by atoms with Crippen molar-refractivity contribution in [2.24, 2.45) is 0 Å². The molecule has 0 amide bonds. The minimum atomic E-state index is -0.784. The fourth-order valence-corrected chi connectivity index (χ4v) is 2.83. The van der Waals surface area contributed by atoms with E-state index in [9.17, 15) is 4.79 Å². The molecule has 2 aromatic rings.